The van der Waals surface area contributed by atoms with Gasteiger partial charge >= 0.3 is 17.9 Å². The summed E-state index contributed by atoms with van der Waals surface area (Å²) in [6.07, 6.45) is 80.3. The minimum absolute atomic E-state index is 0.0723. The largest absolute Gasteiger partial charge is 0.462 e. The third kappa shape index (κ3) is 62.1. The molecule has 0 rings (SSSR count). The van der Waals surface area contributed by atoms with E-state index in [1.807, 2.05) is 0 Å². The molecular weight excluding hydrogens is 925 g/mol. The number of hydrogen-bond acceptors (Lipinski definition) is 6. The van der Waals surface area contributed by atoms with Crippen LogP contribution in [0.4, 0.5) is 0 Å². The predicted molar refractivity (Wildman–Crippen MR) is 325 cm³/mol. The number of carbonyl (C=O) groups excluding carboxylic acids is 3. The first-order valence-electron chi connectivity index (χ1n) is 33.1. The molecule has 75 heavy (non-hydrogen) atoms. The van der Waals surface area contributed by atoms with Crippen LogP contribution in [0, 0.1) is 0 Å². The molecule has 0 aliphatic rings. The summed E-state index contributed by atoms with van der Waals surface area (Å²) in [6.45, 7) is 6.59. The van der Waals surface area contributed by atoms with Gasteiger partial charge in [0.25, 0.3) is 0 Å². The molecule has 0 amide bonds. The molecule has 0 aliphatic heterocycles. The zero-order valence-corrected chi connectivity index (χ0v) is 50.3. The predicted octanol–water partition coefficient (Wildman–Crippen LogP) is 22.6. The number of esters is 3. The van der Waals surface area contributed by atoms with Gasteiger partial charge in [-0.3, -0.25) is 14.4 Å². The summed E-state index contributed by atoms with van der Waals surface area (Å²) >= 11 is 0. The van der Waals surface area contributed by atoms with Crippen molar-refractivity contribution >= 4 is 17.9 Å². The quantitative estimate of drug-likeness (QED) is 0.0261. The van der Waals surface area contributed by atoms with Gasteiger partial charge in [0.1, 0.15) is 13.2 Å². The lowest BCUT2D eigenvalue weighted by Gasteiger charge is -2.18. The first-order valence-corrected chi connectivity index (χ1v) is 33.1. The number of rotatable bonds is 61. The summed E-state index contributed by atoms with van der Waals surface area (Å²) in [6, 6.07) is 0. The van der Waals surface area contributed by atoms with Gasteiger partial charge in [0.05, 0.1) is 0 Å². The summed E-state index contributed by atoms with van der Waals surface area (Å²) in [5.74, 6) is -0.872. The van der Waals surface area contributed by atoms with Crippen LogP contribution in [0.1, 0.15) is 355 Å². The molecule has 0 spiro atoms. The molecule has 0 saturated heterocycles. The summed E-state index contributed by atoms with van der Waals surface area (Å²) in [5, 5.41) is 0. The number of carbonyl (C=O) groups is 3. The number of ether oxygens (including phenoxy) is 3. The standard InChI is InChI=1S/C69H126O6/c1-4-7-10-13-16-18-20-22-24-26-28-29-30-31-32-33-34-35-36-37-38-39-40-41-42-44-45-47-49-51-53-56-59-62-68(71)74-65-66(64-73-67(70)61-58-55-15-12-9-6-3)75-69(72)63-60-57-54-52-50-48-46-43-27-25-23-21-19-17-14-11-8-5-2/h19-22,25-28,66H,4-18,23-24,29-65H2,1-3H3/b21-19-,22-20-,27-25-,28-26-. The van der Waals surface area contributed by atoms with Gasteiger partial charge in [0.2, 0.25) is 0 Å². The van der Waals surface area contributed by atoms with Crippen LogP contribution in [-0.2, 0) is 28.6 Å². The lowest BCUT2D eigenvalue weighted by atomic mass is 10.0. The Hall–Kier alpha value is -2.63. The minimum Gasteiger partial charge on any atom is -0.462 e. The van der Waals surface area contributed by atoms with Gasteiger partial charge in [-0.1, -0.05) is 301 Å². The van der Waals surface area contributed by atoms with Gasteiger partial charge in [-0.15, -0.1) is 0 Å². The first kappa shape index (κ1) is 72.4. The van der Waals surface area contributed by atoms with E-state index in [-0.39, 0.29) is 31.1 Å². The highest BCUT2D eigenvalue weighted by molar-refractivity contribution is 5.71. The maximum absolute atomic E-state index is 12.8. The van der Waals surface area contributed by atoms with Crippen molar-refractivity contribution in [1.82, 2.24) is 0 Å². The zero-order valence-electron chi connectivity index (χ0n) is 50.3. The van der Waals surface area contributed by atoms with E-state index in [9.17, 15) is 14.4 Å². The molecule has 0 saturated carbocycles. The van der Waals surface area contributed by atoms with Crippen molar-refractivity contribution in [2.24, 2.45) is 0 Å². The van der Waals surface area contributed by atoms with E-state index in [4.69, 9.17) is 14.2 Å². The van der Waals surface area contributed by atoms with E-state index < -0.39 is 6.10 Å². The molecule has 6 nitrogen and oxygen atoms in total. The summed E-state index contributed by atoms with van der Waals surface area (Å²) in [5.41, 5.74) is 0. The fraction of sp³-hybridized carbons (Fsp3) is 0.841. The summed E-state index contributed by atoms with van der Waals surface area (Å²) in [7, 11) is 0. The maximum Gasteiger partial charge on any atom is 0.306 e. The number of unbranched alkanes of at least 4 members (excludes halogenated alkanes) is 42. The highest BCUT2D eigenvalue weighted by Gasteiger charge is 2.19. The zero-order chi connectivity index (χ0) is 54.3. The van der Waals surface area contributed by atoms with Crippen molar-refractivity contribution in [2.45, 2.75) is 361 Å². The Bertz CT molecular complexity index is 1300. The Balaban J connectivity index is 3.95. The van der Waals surface area contributed by atoms with Crippen LogP contribution in [0.3, 0.4) is 0 Å². The summed E-state index contributed by atoms with van der Waals surface area (Å²) in [4.78, 5) is 38.0. The topological polar surface area (TPSA) is 78.9 Å². The third-order valence-electron chi connectivity index (χ3n) is 14.8. The highest BCUT2D eigenvalue weighted by Crippen LogP contribution is 2.17. The third-order valence-corrected chi connectivity index (χ3v) is 14.8. The molecule has 0 aromatic heterocycles. The van der Waals surface area contributed by atoms with E-state index in [0.29, 0.717) is 19.3 Å². The van der Waals surface area contributed by atoms with Crippen molar-refractivity contribution in [3.63, 3.8) is 0 Å². The van der Waals surface area contributed by atoms with Crippen LogP contribution in [0.15, 0.2) is 48.6 Å². The second kappa shape index (κ2) is 63.9. The lowest BCUT2D eigenvalue weighted by Crippen LogP contribution is -2.30. The van der Waals surface area contributed by atoms with Crippen LogP contribution in [0.2, 0.25) is 0 Å². The van der Waals surface area contributed by atoms with Gasteiger partial charge in [0.15, 0.2) is 6.10 Å². The number of allylic oxidation sites excluding steroid dienone is 8. The molecule has 0 aromatic rings. The molecule has 0 bridgehead atoms. The van der Waals surface area contributed by atoms with Gasteiger partial charge in [-0.2, -0.15) is 0 Å². The Labute approximate surface area is 467 Å². The fourth-order valence-corrected chi connectivity index (χ4v) is 9.80. The Morgan fingerprint density at radius 2 is 0.480 bits per heavy atom. The molecule has 0 heterocycles. The Kier molecular flexibility index (Phi) is 61.7. The Morgan fingerprint density at radius 3 is 0.747 bits per heavy atom. The van der Waals surface area contributed by atoms with Gasteiger partial charge < -0.3 is 14.2 Å². The Morgan fingerprint density at radius 1 is 0.267 bits per heavy atom. The van der Waals surface area contributed by atoms with E-state index in [0.717, 1.165) is 77.0 Å². The van der Waals surface area contributed by atoms with Gasteiger partial charge in [0, 0.05) is 19.3 Å². The van der Waals surface area contributed by atoms with Crippen molar-refractivity contribution in [1.29, 1.82) is 0 Å². The first-order chi connectivity index (χ1) is 37.0. The molecule has 0 radical (unpaired) electrons. The molecule has 1 unspecified atom stereocenters. The van der Waals surface area contributed by atoms with E-state index in [1.165, 1.54) is 238 Å². The molecule has 0 aliphatic carbocycles. The van der Waals surface area contributed by atoms with Crippen molar-refractivity contribution in [3.8, 4) is 0 Å². The monoisotopic (exact) mass is 1050 g/mol. The highest BCUT2D eigenvalue weighted by atomic mass is 16.6. The van der Waals surface area contributed by atoms with Crippen LogP contribution >= 0.6 is 0 Å². The van der Waals surface area contributed by atoms with Gasteiger partial charge in [-0.25, -0.2) is 0 Å². The van der Waals surface area contributed by atoms with Crippen LogP contribution in [0.25, 0.3) is 0 Å². The smallest absolute Gasteiger partial charge is 0.306 e. The van der Waals surface area contributed by atoms with E-state index in [2.05, 4.69) is 69.4 Å². The van der Waals surface area contributed by atoms with Crippen molar-refractivity contribution < 1.29 is 28.6 Å². The van der Waals surface area contributed by atoms with E-state index in [1.54, 1.807) is 0 Å². The molecule has 0 aromatic carbocycles. The van der Waals surface area contributed by atoms with Crippen LogP contribution in [-0.4, -0.2) is 37.2 Å². The van der Waals surface area contributed by atoms with Crippen LogP contribution < -0.4 is 0 Å². The molecule has 1 atom stereocenters. The average Bonchev–Trinajstić information content (AvgIpc) is 3.41. The lowest BCUT2D eigenvalue weighted by molar-refractivity contribution is -0.167. The minimum atomic E-state index is -0.772. The maximum atomic E-state index is 12.8. The normalized spacial score (nSPS) is 12.3. The summed E-state index contributed by atoms with van der Waals surface area (Å²) < 4.78 is 16.8. The second-order valence-corrected chi connectivity index (χ2v) is 22.4. The fourth-order valence-electron chi connectivity index (χ4n) is 9.80. The molecule has 0 N–H and O–H groups in total. The molecule has 438 valence electrons. The number of hydrogen-bond donors (Lipinski definition) is 0. The molecular formula is C69H126O6. The van der Waals surface area contributed by atoms with Gasteiger partial charge in [-0.05, 0) is 83.5 Å². The van der Waals surface area contributed by atoms with E-state index >= 15 is 0 Å². The van der Waals surface area contributed by atoms with Crippen molar-refractivity contribution in [3.05, 3.63) is 48.6 Å². The SMILES string of the molecule is CCCCCC/C=C\C/C=C\CCCCCCCCCC(=O)OC(COC(=O)CCCCCCCC)COC(=O)CCCCCCCCCCCCCCCCCCCCCCC/C=C\C/C=C\CCCCCCC. The average molecular weight is 1050 g/mol. The van der Waals surface area contributed by atoms with Crippen molar-refractivity contribution in [2.75, 3.05) is 13.2 Å². The molecule has 0 fully saturated rings. The molecule has 6 heteroatoms. The van der Waals surface area contributed by atoms with Crippen LogP contribution in [0.5, 0.6) is 0 Å². The second-order valence-electron chi connectivity index (χ2n) is 22.4.